The molecule has 3 aliphatic rings. The predicted octanol–water partition coefficient (Wildman–Crippen LogP) is -1.58. The smallest absolute Gasteiger partial charge is 0.251 e. The molecule has 0 aliphatic carbocycles. The molecule has 462 valence electrons. The molecule has 7 rings (SSSR count). The Labute approximate surface area is 494 Å². The topological polar surface area (TPSA) is 405 Å². The molecule has 0 bridgehead atoms. The van der Waals surface area contributed by atoms with Gasteiger partial charge in [0.05, 0.1) is 54.7 Å². The van der Waals surface area contributed by atoms with Crippen LogP contribution in [-0.2, 0) is 35.2 Å². The average Bonchev–Trinajstić information content (AvgIpc) is 4.45. The normalized spacial score (nSPS) is 25.7. The Balaban J connectivity index is 1.18. The lowest BCUT2D eigenvalue weighted by Gasteiger charge is -2.34. The minimum atomic E-state index is -2.06. The van der Waals surface area contributed by atoms with Gasteiger partial charge in [-0.15, -0.1) is 11.3 Å². The number of aliphatic hydroxyl groups is 7. The van der Waals surface area contributed by atoms with Crippen molar-refractivity contribution in [2.75, 3.05) is 46.0 Å². The first-order valence-corrected chi connectivity index (χ1v) is 29.2. The van der Waals surface area contributed by atoms with Crippen molar-refractivity contribution < 1.29 is 83.9 Å². The number of hydrogen-bond donors (Lipinski definition) is 14. The van der Waals surface area contributed by atoms with Crippen molar-refractivity contribution in [3.05, 3.63) is 84.1 Å². The van der Waals surface area contributed by atoms with Gasteiger partial charge >= 0.3 is 0 Å². The number of fused-ring (bicyclic) bond motifs is 2. The molecule has 1 unspecified atom stereocenters. The maximum atomic E-state index is 14.7. The number of benzene rings is 3. The summed E-state index contributed by atoms with van der Waals surface area (Å²) >= 11 is 1.42. The second-order valence-electron chi connectivity index (χ2n) is 21.6. The van der Waals surface area contributed by atoms with Crippen molar-refractivity contribution in [3.63, 3.8) is 0 Å². The van der Waals surface area contributed by atoms with E-state index in [9.17, 15) is 74.4 Å². The highest BCUT2D eigenvalue weighted by molar-refractivity contribution is 7.18. The molecule has 1 aromatic heterocycles. The van der Waals surface area contributed by atoms with E-state index in [4.69, 9.17) is 15.2 Å². The van der Waals surface area contributed by atoms with Crippen LogP contribution in [0.25, 0.3) is 21.0 Å². The summed E-state index contributed by atoms with van der Waals surface area (Å²) in [4.78, 5) is 108. The van der Waals surface area contributed by atoms with Crippen LogP contribution in [0.2, 0.25) is 0 Å². The van der Waals surface area contributed by atoms with Crippen molar-refractivity contribution in [1.82, 2.24) is 41.4 Å². The zero-order chi connectivity index (χ0) is 61.6. The number of aliphatic hydroxyl groups excluding tert-OH is 7. The van der Waals surface area contributed by atoms with Crippen molar-refractivity contribution in [2.45, 2.75) is 139 Å². The van der Waals surface area contributed by atoms with Gasteiger partial charge in [0, 0.05) is 62.1 Å². The number of aromatic hydroxyl groups is 1. The predicted molar refractivity (Wildman–Crippen MR) is 307 cm³/mol. The second kappa shape index (κ2) is 30.1. The highest BCUT2D eigenvalue weighted by atomic mass is 32.1. The van der Waals surface area contributed by atoms with Gasteiger partial charge in [0.25, 0.3) is 5.91 Å². The first-order chi connectivity index (χ1) is 40.6. The van der Waals surface area contributed by atoms with E-state index < -0.39 is 159 Å². The molecule has 3 saturated heterocycles. The largest absolute Gasteiger partial charge is 0.504 e. The molecular formula is C58H77N9O17S. The number of phenols is 1. The SMILES string of the molecule is CCCCCOc1ccc(-c2ncc(-c3ccc(C(=O)NC4C[C@@H](O)CNC(=O)[C@@H]5[C@@H](O)[C@@H](C)CN5C(=O)[C@H]([C@H](O)CCN)NC(=O)[C@H]([C@H](O)Cc5ccc(O)c(OCCO)c5)NC(=O)[C@@H]5C[C@@H](O)CN5C(=O)[C@H]([C@@H](C)O)NC4=O)cc3)s2)cc1. The number of nitrogens with zero attached hydrogens (tertiary/aromatic N) is 3. The van der Waals surface area contributed by atoms with Crippen LogP contribution < -0.4 is 41.8 Å². The summed E-state index contributed by atoms with van der Waals surface area (Å²) in [5.41, 5.74) is 7.65. The van der Waals surface area contributed by atoms with E-state index in [1.165, 1.54) is 48.6 Å². The lowest BCUT2D eigenvalue weighted by Crippen LogP contribution is -2.64. The zero-order valence-corrected chi connectivity index (χ0v) is 48.2. The summed E-state index contributed by atoms with van der Waals surface area (Å²) in [7, 11) is 0. The van der Waals surface area contributed by atoms with E-state index in [2.05, 4.69) is 38.5 Å². The molecule has 0 saturated carbocycles. The molecule has 3 aliphatic heterocycles. The molecule has 27 heteroatoms. The Morgan fingerprint density at radius 2 is 1.47 bits per heavy atom. The maximum absolute atomic E-state index is 14.7. The number of unbranched alkanes of at least 4 members (excludes halogenated alkanes) is 2. The summed E-state index contributed by atoms with van der Waals surface area (Å²) in [5.74, 6) is -8.05. The van der Waals surface area contributed by atoms with Gasteiger partial charge in [-0.25, -0.2) is 4.98 Å². The van der Waals surface area contributed by atoms with Crippen LogP contribution in [0.3, 0.4) is 0 Å². The molecule has 15 N–H and O–H groups in total. The van der Waals surface area contributed by atoms with Crippen LogP contribution in [0.15, 0.2) is 72.9 Å². The number of carbonyl (C=O) groups excluding carboxylic acids is 7. The lowest BCUT2D eigenvalue weighted by atomic mass is 9.98. The lowest BCUT2D eigenvalue weighted by molar-refractivity contribution is -0.147. The number of nitrogens with one attached hydrogen (secondary N) is 5. The first kappa shape index (κ1) is 65.2. The third kappa shape index (κ3) is 16.6. The summed E-state index contributed by atoms with van der Waals surface area (Å²) in [6.07, 6.45) is -7.09. The number of amides is 7. The van der Waals surface area contributed by atoms with E-state index in [-0.39, 0.29) is 48.7 Å². The summed E-state index contributed by atoms with van der Waals surface area (Å²) in [6, 6.07) is 6.83. The Hall–Kier alpha value is -7.34. The van der Waals surface area contributed by atoms with Gasteiger partial charge in [-0.2, -0.15) is 0 Å². The summed E-state index contributed by atoms with van der Waals surface area (Å²) < 4.78 is 11.2. The highest BCUT2D eigenvalue weighted by Gasteiger charge is 2.50. The molecule has 85 heavy (non-hydrogen) atoms. The number of nitrogens with two attached hydrogens (primary N) is 1. The number of thiazole rings is 1. The highest BCUT2D eigenvalue weighted by Crippen LogP contribution is 2.34. The van der Waals surface area contributed by atoms with Crippen LogP contribution in [0.1, 0.15) is 75.2 Å². The van der Waals surface area contributed by atoms with E-state index >= 15 is 0 Å². The van der Waals surface area contributed by atoms with Gasteiger partial charge < -0.3 is 92.4 Å². The molecule has 4 heterocycles. The molecule has 13 atom stereocenters. The number of phenolic OH excluding ortho intramolecular Hbond substituents is 1. The van der Waals surface area contributed by atoms with Crippen molar-refractivity contribution in [3.8, 4) is 38.3 Å². The number of β-amino-alcohol motifs (C(OH)–C–C–N with tert-alkyl or cyclic N) is 1. The molecule has 4 aromatic rings. The van der Waals surface area contributed by atoms with Crippen LogP contribution >= 0.6 is 11.3 Å². The molecule has 0 spiro atoms. The van der Waals surface area contributed by atoms with E-state index in [1.54, 1.807) is 18.3 Å². The Morgan fingerprint density at radius 3 is 2.15 bits per heavy atom. The quantitative estimate of drug-likeness (QED) is 0.0471. The Bertz CT molecular complexity index is 2950. The molecule has 3 fully saturated rings. The van der Waals surface area contributed by atoms with Crippen LogP contribution in [0, 0.1) is 5.92 Å². The molecule has 26 nitrogen and oxygen atoms in total. The van der Waals surface area contributed by atoms with Gasteiger partial charge in [-0.3, -0.25) is 33.6 Å². The Kier molecular flexibility index (Phi) is 23.1. The Morgan fingerprint density at radius 1 is 0.788 bits per heavy atom. The fourth-order valence-electron chi connectivity index (χ4n) is 10.4. The molecule has 3 aromatic carbocycles. The van der Waals surface area contributed by atoms with Crippen molar-refractivity contribution in [2.24, 2.45) is 11.7 Å². The number of rotatable bonds is 19. The zero-order valence-electron chi connectivity index (χ0n) is 47.4. The summed E-state index contributed by atoms with van der Waals surface area (Å²) in [5, 5.41) is 101. The van der Waals surface area contributed by atoms with E-state index in [0.29, 0.717) is 12.2 Å². The van der Waals surface area contributed by atoms with Crippen LogP contribution in [-0.4, -0.2) is 216 Å². The van der Waals surface area contributed by atoms with Gasteiger partial charge in [-0.1, -0.05) is 44.9 Å². The van der Waals surface area contributed by atoms with Gasteiger partial charge in [0.2, 0.25) is 35.4 Å². The van der Waals surface area contributed by atoms with Gasteiger partial charge in [-0.05, 0) is 86.0 Å². The van der Waals surface area contributed by atoms with Gasteiger partial charge in [0.15, 0.2) is 11.5 Å². The fourth-order valence-corrected chi connectivity index (χ4v) is 11.3. The minimum absolute atomic E-state index is 0.0595. The first-order valence-electron chi connectivity index (χ1n) is 28.4. The third-order valence-corrected chi connectivity index (χ3v) is 16.2. The van der Waals surface area contributed by atoms with Gasteiger partial charge in [0.1, 0.15) is 53.6 Å². The molecule has 7 amide bonds. The minimum Gasteiger partial charge on any atom is -0.504 e. The number of aromatic nitrogens is 1. The second-order valence-corrected chi connectivity index (χ2v) is 22.7. The standard InChI is InChI=1S/C58H77N9O17S/c1-4-5-6-20-83-38-14-12-35(13-15-38)56-61-27-45(85-56)33-8-10-34(11-9-33)51(76)62-39-24-36(70)26-60-55(80)49-50(75)30(2)28-67(49)58(82)48(42(73)17-18-59)65-54(79)47(43(74)22-32-7-16-41(72)44(23-32)84-21-19-68)64-53(78)40-25-37(71)29-66(40)57(81)46(31(3)69)63-52(39)77/h7-16,23,27,30-31,36-37,39-40,42-43,46-50,68-75H,4-6,17-22,24-26,28-29,59H2,1-3H3,(H,60,80)(H,62,76)(H,63,77)(H,64,78)(H,65,79)/t30-,31+,36+,37+,39?,40-,42+,43+,46-,47-,48-,49-,50-/m0/s1. The average molecular weight is 1200 g/mol. The van der Waals surface area contributed by atoms with Crippen molar-refractivity contribution >= 4 is 52.7 Å². The van der Waals surface area contributed by atoms with E-state index in [0.717, 1.165) is 57.2 Å². The fraction of sp³-hybridized carbons (Fsp3) is 0.517. The monoisotopic (exact) mass is 1200 g/mol. The van der Waals surface area contributed by atoms with Crippen LogP contribution in [0.5, 0.6) is 17.2 Å². The molecular weight excluding hydrogens is 1130 g/mol. The van der Waals surface area contributed by atoms with Crippen molar-refractivity contribution in [1.29, 1.82) is 0 Å². The van der Waals surface area contributed by atoms with Crippen LogP contribution in [0.4, 0.5) is 0 Å². The number of hydrogen-bond acceptors (Lipinski definition) is 20. The number of ether oxygens (including phenoxy) is 2. The third-order valence-electron chi connectivity index (χ3n) is 15.1. The summed E-state index contributed by atoms with van der Waals surface area (Å²) in [6.45, 7) is 3.08. The van der Waals surface area contributed by atoms with E-state index in [1.807, 2.05) is 24.3 Å². The number of carbonyl (C=O) groups is 7. The maximum Gasteiger partial charge on any atom is 0.251 e. The molecule has 0 radical (unpaired) electrons.